The summed E-state index contributed by atoms with van der Waals surface area (Å²) in [4.78, 5) is 19.7. The molecule has 0 radical (unpaired) electrons. The van der Waals surface area contributed by atoms with E-state index in [2.05, 4.69) is 10.3 Å². The van der Waals surface area contributed by atoms with Gasteiger partial charge in [0.1, 0.15) is 5.82 Å². The second-order valence-corrected chi connectivity index (χ2v) is 7.92. The molecule has 1 aromatic heterocycles. The molecule has 4 rings (SSSR count). The lowest BCUT2D eigenvalue weighted by Crippen LogP contribution is -2.36. The average molecular weight is 412 g/mol. The van der Waals surface area contributed by atoms with Gasteiger partial charge in [-0.15, -0.1) is 0 Å². The molecule has 0 bridgehead atoms. The molecular weight excluding hydrogens is 389 g/mol. The minimum absolute atomic E-state index is 0.0205. The lowest BCUT2D eigenvalue weighted by Gasteiger charge is -2.28. The summed E-state index contributed by atoms with van der Waals surface area (Å²) < 4.78 is 13.3. The molecule has 4 nitrogen and oxygen atoms in total. The maximum Gasteiger partial charge on any atom is 0.257 e. The quantitative estimate of drug-likeness (QED) is 0.587. The van der Waals surface area contributed by atoms with E-state index in [0.29, 0.717) is 16.3 Å². The van der Waals surface area contributed by atoms with Gasteiger partial charge in [0.15, 0.2) is 0 Å². The molecule has 6 heteroatoms. The van der Waals surface area contributed by atoms with Crippen LogP contribution in [0.5, 0.6) is 0 Å². The van der Waals surface area contributed by atoms with Gasteiger partial charge in [0.25, 0.3) is 5.91 Å². The molecule has 2 heterocycles. The molecular formula is C23H23ClFN3O. The van der Waals surface area contributed by atoms with Crippen LogP contribution in [0.2, 0.25) is 5.02 Å². The molecule has 0 saturated carbocycles. The van der Waals surface area contributed by atoms with Crippen LogP contribution in [-0.2, 0) is 0 Å². The van der Waals surface area contributed by atoms with E-state index in [4.69, 9.17) is 11.6 Å². The molecule has 3 aromatic rings. The molecule has 1 N–H and O–H groups in total. The SMILES string of the molecule is C[C@@H](Nc1c(C(=O)N2CCCCC2)cnc2ccc(Cl)cc12)c1ccc(F)cc1. The van der Waals surface area contributed by atoms with E-state index in [0.717, 1.165) is 48.8 Å². The number of likely N-dealkylation sites (tertiary alicyclic amines) is 1. The number of amides is 1. The lowest BCUT2D eigenvalue weighted by atomic mass is 10.0. The summed E-state index contributed by atoms with van der Waals surface area (Å²) in [6.07, 6.45) is 4.84. The fourth-order valence-corrected chi connectivity index (χ4v) is 3.97. The highest BCUT2D eigenvalue weighted by Gasteiger charge is 2.23. The number of piperidine rings is 1. The zero-order valence-corrected chi connectivity index (χ0v) is 17.0. The largest absolute Gasteiger partial charge is 0.377 e. The van der Waals surface area contributed by atoms with Gasteiger partial charge in [0.05, 0.1) is 16.8 Å². The van der Waals surface area contributed by atoms with Gasteiger partial charge in [0.2, 0.25) is 0 Å². The minimum atomic E-state index is -0.275. The standard InChI is InChI=1S/C23H23ClFN3O/c1-15(16-5-8-18(25)9-6-16)27-22-19-13-17(24)7-10-21(19)26-14-20(22)23(29)28-11-3-2-4-12-28/h5-10,13-15H,2-4,11-12H2,1H3,(H,26,27)/t15-/m1/s1. The molecule has 0 spiro atoms. The highest BCUT2D eigenvalue weighted by molar-refractivity contribution is 6.31. The van der Waals surface area contributed by atoms with Crippen molar-refractivity contribution in [2.75, 3.05) is 18.4 Å². The number of hydrogen-bond donors (Lipinski definition) is 1. The molecule has 1 atom stereocenters. The Hall–Kier alpha value is -2.66. The number of fused-ring (bicyclic) bond motifs is 1. The van der Waals surface area contributed by atoms with E-state index in [1.165, 1.54) is 12.1 Å². The molecule has 0 unspecified atom stereocenters. The zero-order valence-electron chi connectivity index (χ0n) is 16.3. The average Bonchev–Trinajstić information content (AvgIpc) is 2.74. The molecule has 150 valence electrons. The molecule has 2 aromatic carbocycles. The van der Waals surface area contributed by atoms with E-state index in [-0.39, 0.29) is 17.8 Å². The van der Waals surface area contributed by atoms with Gasteiger partial charge in [-0.1, -0.05) is 23.7 Å². The van der Waals surface area contributed by atoms with Gasteiger partial charge in [-0.2, -0.15) is 0 Å². The van der Waals surface area contributed by atoms with Gasteiger partial charge in [-0.25, -0.2) is 4.39 Å². The van der Waals surface area contributed by atoms with Crippen LogP contribution in [0.1, 0.15) is 48.1 Å². The van der Waals surface area contributed by atoms with Crippen LogP contribution in [0, 0.1) is 5.82 Å². The van der Waals surface area contributed by atoms with Gasteiger partial charge in [0, 0.05) is 35.7 Å². The van der Waals surface area contributed by atoms with E-state index >= 15 is 0 Å². The normalized spacial score (nSPS) is 15.3. The van der Waals surface area contributed by atoms with Gasteiger partial charge < -0.3 is 10.2 Å². The third kappa shape index (κ3) is 4.20. The second kappa shape index (κ2) is 8.37. The van der Waals surface area contributed by atoms with Crippen LogP contribution < -0.4 is 5.32 Å². The molecule has 1 aliphatic heterocycles. The number of nitrogens with zero attached hydrogens (tertiary/aromatic N) is 2. The Kier molecular flexibility index (Phi) is 5.67. The zero-order chi connectivity index (χ0) is 20.4. The van der Waals surface area contributed by atoms with Gasteiger partial charge in [-0.3, -0.25) is 9.78 Å². The maximum absolute atomic E-state index is 13.3. The Morgan fingerprint density at radius 1 is 1.14 bits per heavy atom. The van der Waals surface area contributed by atoms with E-state index < -0.39 is 0 Å². The third-order valence-corrected chi connectivity index (χ3v) is 5.67. The van der Waals surface area contributed by atoms with E-state index in [9.17, 15) is 9.18 Å². The van der Waals surface area contributed by atoms with Gasteiger partial charge >= 0.3 is 0 Å². The number of rotatable bonds is 4. The maximum atomic E-state index is 13.3. The number of pyridine rings is 1. The van der Waals surface area contributed by atoms with Crippen molar-refractivity contribution in [3.05, 3.63) is 70.6 Å². The van der Waals surface area contributed by atoms with Crippen molar-refractivity contribution >= 4 is 34.1 Å². The summed E-state index contributed by atoms with van der Waals surface area (Å²) in [5, 5.41) is 4.85. The molecule has 1 aliphatic rings. The number of carbonyl (C=O) groups excluding carboxylic acids is 1. The van der Waals surface area contributed by atoms with E-state index in [1.807, 2.05) is 24.0 Å². The summed E-state index contributed by atoms with van der Waals surface area (Å²) in [6, 6.07) is 11.7. The van der Waals surface area contributed by atoms with Crippen LogP contribution in [0.3, 0.4) is 0 Å². The highest BCUT2D eigenvalue weighted by Crippen LogP contribution is 2.32. The molecule has 1 amide bonds. The number of carbonyl (C=O) groups is 1. The third-order valence-electron chi connectivity index (χ3n) is 5.43. The molecule has 1 fully saturated rings. The predicted octanol–water partition coefficient (Wildman–Crippen LogP) is 5.83. The smallest absolute Gasteiger partial charge is 0.257 e. The van der Waals surface area contributed by atoms with Crippen molar-refractivity contribution in [2.24, 2.45) is 0 Å². The number of hydrogen-bond acceptors (Lipinski definition) is 3. The summed E-state index contributed by atoms with van der Waals surface area (Å²) >= 11 is 6.25. The topological polar surface area (TPSA) is 45.2 Å². The second-order valence-electron chi connectivity index (χ2n) is 7.48. The number of aromatic nitrogens is 1. The van der Waals surface area contributed by atoms with Crippen LogP contribution in [-0.4, -0.2) is 28.9 Å². The van der Waals surface area contributed by atoms with Crippen molar-refractivity contribution in [3.63, 3.8) is 0 Å². The van der Waals surface area contributed by atoms with Crippen LogP contribution in [0.15, 0.2) is 48.7 Å². The van der Waals surface area contributed by atoms with Crippen molar-refractivity contribution in [1.82, 2.24) is 9.88 Å². The van der Waals surface area contributed by atoms with Crippen LogP contribution in [0.25, 0.3) is 10.9 Å². The van der Waals surface area contributed by atoms with Crippen LogP contribution in [0.4, 0.5) is 10.1 Å². The van der Waals surface area contributed by atoms with Crippen molar-refractivity contribution < 1.29 is 9.18 Å². The molecule has 29 heavy (non-hydrogen) atoms. The number of nitrogens with one attached hydrogen (secondary N) is 1. The first-order valence-corrected chi connectivity index (χ1v) is 10.3. The lowest BCUT2D eigenvalue weighted by molar-refractivity contribution is 0.0725. The van der Waals surface area contributed by atoms with Crippen molar-refractivity contribution in [2.45, 2.75) is 32.2 Å². The summed E-state index contributed by atoms with van der Waals surface area (Å²) in [7, 11) is 0. The Bertz CT molecular complexity index is 1030. The monoisotopic (exact) mass is 411 g/mol. The first-order chi connectivity index (χ1) is 14.0. The number of halogens is 2. The van der Waals surface area contributed by atoms with Crippen LogP contribution >= 0.6 is 11.6 Å². The Labute approximate surface area is 174 Å². The summed E-state index contributed by atoms with van der Waals surface area (Å²) in [5.74, 6) is -0.295. The van der Waals surface area contributed by atoms with Crippen molar-refractivity contribution in [1.29, 1.82) is 0 Å². The fourth-order valence-electron chi connectivity index (χ4n) is 3.80. The predicted molar refractivity (Wildman–Crippen MR) is 115 cm³/mol. The summed E-state index contributed by atoms with van der Waals surface area (Å²) in [6.45, 7) is 3.51. The fraction of sp³-hybridized carbons (Fsp3) is 0.304. The minimum Gasteiger partial charge on any atom is -0.377 e. The summed E-state index contributed by atoms with van der Waals surface area (Å²) in [5.41, 5.74) is 2.94. The van der Waals surface area contributed by atoms with E-state index in [1.54, 1.807) is 24.4 Å². The van der Waals surface area contributed by atoms with Crippen molar-refractivity contribution in [3.8, 4) is 0 Å². The Morgan fingerprint density at radius 3 is 2.59 bits per heavy atom. The molecule has 0 aliphatic carbocycles. The number of benzene rings is 2. The number of anilines is 1. The Balaban J connectivity index is 1.76. The molecule has 1 saturated heterocycles. The highest BCUT2D eigenvalue weighted by atomic mass is 35.5. The first kappa shape index (κ1) is 19.6. The van der Waals surface area contributed by atoms with Gasteiger partial charge in [-0.05, 0) is 62.1 Å². The Morgan fingerprint density at radius 2 is 1.86 bits per heavy atom. The first-order valence-electron chi connectivity index (χ1n) is 9.92.